The molecule has 1 saturated heterocycles. The fraction of sp³-hybridized carbons (Fsp3) is 0.286. The van der Waals surface area contributed by atoms with Crippen molar-refractivity contribution in [1.29, 1.82) is 0 Å². The van der Waals surface area contributed by atoms with E-state index in [2.05, 4.69) is 16.9 Å². The van der Waals surface area contributed by atoms with E-state index in [4.69, 9.17) is 5.73 Å². The van der Waals surface area contributed by atoms with E-state index >= 15 is 0 Å². The van der Waals surface area contributed by atoms with Gasteiger partial charge < -0.3 is 21.4 Å². The lowest BCUT2D eigenvalue weighted by molar-refractivity contribution is -0.151. The van der Waals surface area contributed by atoms with Crippen molar-refractivity contribution in [3.05, 3.63) is 35.0 Å². The number of nitrogens with two attached hydrogens (primary N) is 1. The van der Waals surface area contributed by atoms with Crippen molar-refractivity contribution in [2.24, 2.45) is 0 Å². The lowest BCUT2D eigenvalue weighted by Gasteiger charge is -2.49. The van der Waals surface area contributed by atoms with Crippen LogP contribution in [-0.2, 0) is 14.4 Å². The lowest BCUT2D eigenvalue weighted by Crippen LogP contribution is -2.71. The Balaban J connectivity index is 1.76. The minimum atomic E-state index is -1.23. The van der Waals surface area contributed by atoms with Crippen LogP contribution in [0, 0.1) is 0 Å². The normalized spacial score (nSPS) is 23.1. The summed E-state index contributed by atoms with van der Waals surface area (Å²) in [7, 11) is 0. The number of thioether (sulfide) groups is 1. The molecule has 10 nitrogen and oxygen atoms in total. The molecule has 3 rings (SSSR count). The van der Waals surface area contributed by atoms with Crippen molar-refractivity contribution in [3.63, 3.8) is 0 Å². The molecule has 0 radical (unpaired) electrons. The summed E-state index contributed by atoms with van der Waals surface area (Å²) in [6, 6.07) is -2.10. The fourth-order valence-corrected chi connectivity index (χ4v) is 4.66. The van der Waals surface area contributed by atoms with Gasteiger partial charge in [-0.1, -0.05) is 12.7 Å². The molecule has 3 atom stereocenters. The van der Waals surface area contributed by atoms with Gasteiger partial charge in [-0.15, -0.1) is 23.1 Å². The molecule has 12 heteroatoms. The van der Waals surface area contributed by atoms with E-state index in [1.165, 1.54) is 23.2 Å². The zero-order valence-corrected chi connectivity index (χ0v) is 14.8. The second-order valence-corrected chi connectivity index (χ2v) is 7.45. The number of carboxylic acids is 1. The lowest BCUT2D eigenvalue weighted by atomic mass is 10.0. The Hall–Kier alpha value is -2.41. The highest BCUT2D eigenvalue weighted by molar-refractivity contribution is 8.00. The number of fused-ring (bicyclic) bond motifs is 1. The highest BCUT2D eigenvalue weighted by Crippen LogP contribution is 2.40. The predicted molar refractivity (Wildman–Crippen MR) is 94.1 cm³/mol. The first kappa shape index (κ1) is 18.4. The Morgan fingerprint density at radius 1 is 1.54 bits per heavy atom. The Morgan fingerprint density at radius 2 is 2.27 bits per heavy atom. The number of nitrogens with one attached hydrogen (secondary N) is 2. The third kappa shape index (κ3) is 2.96. The molecule has 0 saturated carbocycles. The van der Waals surface area contributed by atoms with Crippen LogP contribution >= 0.6 is 23.1 Å². The molecule has 6 N–H and O–H groups in total. The maximum Gasteiger partial charge on any atom is 0.352 e. The average Bonchev–Trinajstić information content (AvgIpc) is 3.04. The summed E-state index contributed by atoms with van der Waals surface area (Å²) in [4.78, 5) is 41.4. The van der Waals surface area contributed by atoms with Crippen LogP contribution in [0.15, 0.2) is 29.3 Å². The van der Waals surface area contributed by atoms with Crippen molar-refractivity contribution in [1.82, 2.24) is 20.7 Å². The van der Waals surface area contributed by atoms with Crippen LogP contribution in [0.3, 0.4) is 0 Å². The van der Waals surface area contributed by atoms with Crippen LogP contribution in [0.25, 0.3) is 0 Å². The van der Waals surface area contributed by atoms with Gasteiger partial charge in [0.15, 0.2) is 11.2 Å². The van der Waals surface area contributed by atoms with Crippen molar-refractivity contribution < 1.29 is 24.7 Å². The Bertz CT molecular complexity index is 822. The van der Waals surface area contributed by atoms with Crippen LogP contribution in [0.4, 0.5) is 5.13 Å². The minimum absolute atomic E-state index is 0.122. The van der Waals surface area contributed by atoms with Crippen LogP contribution in [-0.4, -0.2) is 55.1 Å². The number of hydroxylamine groups is 1. The Kier molecular flexibility index (Phi) is 5.00. The summed E-state index contributed by atoms with van der Waals surface area (Å²) in [5.41, 5.74) is 7.91. The molecule has 1 aromatic rings. The molecule has 0 aromatic carbocycles. The summed E-state index contributed by atoms with van der Waals surface area (Å²) in [5, 5.41) is 22.4. The van der Waals surface area contributed by atoms with Gasteiger partial charge in [0.25, 0.3) is 5.91 Å². The number of β-lactam (4-membered cyclic amide) rings is 1. The SMILES string of the molecule is C=CC1=C(C(=O)O)N2C(=O)[C@@H](NC(=O)C(NO)c3csc(N)n3)[C@@H]2SC1. The number of hydrogen-bond donors (Lipinski definition) is 5. The number of rotatable bonds is 6. The van der Waals surface area contributed by atoms with Crippen LogP contribution < -0.4 is 16.5 Å². The summed E-state index contributed by atoms with van der Waals surface area (Å²) >= 11 is 2.43. The molecule has 1 unspecified atom stereocenters. The van der Waals surface area contributed by atoms with E-state index in [0.717, 1.165) is 16.2 Å². The second kappa shape index (κ2) is 7.07. The van der Waals surface area contributed by atoms with Gasteiger partial charge in [0.05, 0.1) is 5.69 Å². The van der Waals surface area contributed by atoms with Crippen LogP contribution in [0.5, 0.6) is 0 Å². The molecule has 138 valence electrons. The topological polar surface area (TPSA) is 158 Å². The summed E-state index contributed by atoms with van der Waals surface area (Å²) in [6.45, 7) is 3.57. The van der Waals surface area contributed by atoms with Gasteiger partial charge in [-0.2, -0.15) is 5.48 Å². The smallest absolute Gasteiger partial charge is 0.352 e. The number of aliphatic carboxylic acids is 1. The summed E-state index contributed by atoms with van der Waals surface area (Å²) in [5.74, 6) is -2.08. The largest absolute Gasteiger partial charge is 0.477 e. The molecule has 26 heavy (non-hydrogen) atoms. The molecule has 0 spiro atoms. The first-order valence-corrected chi connectivity index (χ1v) is 9.26. The van der Waals surface area contributed by atoms with Gasteiger partial charge in [0, 0.05) is 11.1 Å². The van der Waals surface area contributed by atoms with E-state index in [9.17, 15) is 24.7 Å². The first-order valence-electron chi connectivity index (χ1n) is 7.33. The Labute approximate surface area is 155 Å². The molecule has 2 aliphatic heterocycles. The standard InChI is InChI=1S/C14H15N5O5S2/c1-2-5-3-25-12-8(11(21)19(12)9(5)13(22)23)17-10(20)7(18-24)6-4-26-14(15)16-6/h2,4,7-8,12,18,24H,1,3H2,(H2,15,16)(H,17,20)(H,22,23)/t7?,8-,12+/m1/s1. The highest BCUT2D eigenvalue weighted by atomic mass is 32.2. The predicted octanol–water partition coefficient (Wildman–Crippen LogP) is -0.330. The number of carbonyl (C=O) groups is 3. The number of anilines is 1. The molecule has 0 aliphatic carbocycles. The summed E-state index contributed by atoms with van der Waals surface area (Å²) in [6.07, 6.45) is 1.41. The van der Waals surface area contributed by atoms with E-state index in [0.29, 0.717) is 11.3 Å². The molecule has 2 aliphatic rings. The average molecular weight is 397 g/mol. The van der Waals surface area contributed by atoms with E-state index in [1.54, 1.807) is 0 Å². The number of carboxylic acid groups (broad SMARTS) is 1. The molecular formula is C14H15N5O5S2. The second-order valence-electron chi connectivity index (χ2n) is 5.45. The van der Waals surface area contributed by atoms with Gasteiger partial charge in [-0.25, -0.2) is 9.78 Å². The van der Waals surface area contributed by atoms with Gasteiger partial charge >= 0.3 is 5.97 Å². The maximum atomic E-state index is 12.4. The number of allylic oxidation sites excluding steroid dienone is 1. The first-order chi connectivity index (χ1) is 12.4. The highest BCUT2D eigenvalue weighted by Gasteiger charge is 2.54. The molecule has 1 fully saturated rings. The third-order valence-electron chi connectivity index (χ3n) is 3.97. The van der Waals surface area contributed by atoms with Crippen LogP contribution in [0.2, 0.25) is 0 Å². The number of nitrogens with zero attached hydrogens (tertiary/aromatic N) is 2. The number of nitrogen functional groups attached to an aromatic ring is 1. The van der Waals surface area contributed by atoms with Crippen molar-refractivity contribution in [2.45, 2.75) is 17.5 Å². The zero-order chi connectivity index (χ0) is 19.0. The fourth-order valence-electron chi connectivity index (χ4n) is 2.73. The number of aromatic nitrogens is 1. The Morgan fingerprint density at radius 3 is 2.81 bits per heavy atom. The van der Waals surface area contributed by atoms with E-state index in [1.807, 2.05) is 5.48 Å². The molecule has 3 heterocycles. The van der Waals surface area contributed by atoms with E-state index < -0.39 is 35.2 Å². The maximum absolute atomic E-state index is 12.4. The quantitative estimate of drug-likeness (QED) is 0.320. The molecule has 0 bridgehead atoms. The van der Waals surface area contributed by atoms with Crippen LogP contribution in [0.1, 0.15) is 11.7 Å². The molecule has 2 amide bonds. The van der Waals surface area contributed by atoms with Gasteiger partial charge in [-0.3, -0.25) is 14.5 Å². The van der Waals surface area contributed by atoms with Gasteiger partial charge in [0.1, 0.15) is 17.1 Å². The molecule has 1 aromatic heterocycles. The number of thiazole rings is 1. The third-order valence-corrected chi connectivity index (χ3v) is 5.97. The van der Waals surface area contributed by atoms with E-state index in [-0.39, 0.29) is 16.5 Å². The van der Waals surface area contributed by atoms with Gasteiger partial charge in [0.2, 0.25) is 5.91 Å². The zero-order valence-electron chi connectivity index (χ0n) is 13.2. The number of amides is 2. The number of carbonyl (C=O) groups excluding carboxylic acids is 2. The monoisotopic (exact) mass is 397 g/mol. The summed E-state index contributed by atoms with van der Waals surface area (Å²) < 4.78 is 0. The minimum Gasteiger partial charge on any atom is -0.477 e. The number of hydrogen-bond acceptors (Lipinski definition) is 9. The van der Waals surface area contributed by atoms with Gasteiger partial charge in [-0.05, 0) is 5.57 Å². The van der Waals surface area contributed by atoms with Crippen molar-refractivity contribution >= 4 is 46.0 Å². The van der Waals surface area contributed by atoms with Crippen molar-refractivity contribution in [3.8, 4) is 0 Å². The van der Waals surface area contributed by atoms with Crippen molar-refractivity contribution in [2.75, 3.05) is 11.5 Å². The molecular weight excluding hydrogens is 382 g/mol.